The zero-order chi connectivity index (χ0) is 17.4. The van der Waals surface area contributed by atoms with Gasteiger partial charge in [-0.1, -0.05) is 17.3 Å². The van der Waals surface area contributed by atoms with Crippen LogP contribution >= 0.6 is 0 Å². The second-order valence-electron chi connectivity index (χ2n) is 6.06. The first-order valence-corrected chi connectivity index (χ1v) is 7.98. The predicted molar refractivity (Wildman–Crippen MR) is 88.4 cm³/mol. The molecule has 0 atom stereocenters. The normalized spacial score (nSPS) is 14.5. The van der Waals surface area contributed by atoms with Crippen molar-refractivity contribution >= 4 is 16.9 Å². The van der Waals surface area contributed by atoms with Crippen LogP contribution in [0.5, 0.6) is 5.75 Å². The van der Waals surface area contributed by atoms with E-state index in [4.69, 9.17) is 13.7 Å². The highest BCUT2D eigenvalue weighted by Crippen LogP contribution is 2.21. The molecule has 1 aliphatic rings. The number of para-hydroxylation sites is 1. The number of aromatic nitrogens is 1. The van der Waals surface area contributed by atoms with Crippen molar-refractivity contribution in [2.24, 2.45) is 0 Å². The molecular formula is C18H16N2O5. The molecule has 25 heavy (non-hydrogen) atoms. The molecular weight excluding hydrogens is 324 g/mol. The van der Waals surface area contributed by atoms with Gasteiger partial charge in [0.05, 0.1) is 25.6 Å². The first-order chi connectivity index (χ1) is 12.1. The van der Waals surface area contributed by atoms with Gasteiger partial charge in [0, 0.05) is 11.5 Å². The highest BCUT2D eigenvalue weighted by Gasteiger charge is 2.33. The number of fused-ring (bicyclic) bond motifs is 1. The fourth-order valence-corrected chi connectivity index (χ4v) is 2.87. The molecule has 1 aliphatic heterocycles. The first-order valence-electron chi connectivity index (χ1n) is 7.98. The Bertz CT molecular complexity index is 984. The van der Waals surface area contributed by atoms with Gasteiger partial charge in [0.15, 0.2) is 5.58 Å². The summed E-state index contributed by atoms with van der Waals surface area (Å²) in [6.45, 7) is 2.65. The third-order valence-corrected chi connectivity index (χ3v) is 4.14. The second-order valence-corrected chi connectivity index (χ2v) is 6.06. The Morgan fingerprint density at radius 3 is 2.92 bits per heavy atom. The molecule has 4 rings (SSSR count). The Kier molecular flexibility index (Phi) is 3.76. The lowest BCUT2D eigenvalue weighted by atomic mass is 10.1. The summed E-state index contributed by atoms with van der Waals surface area (Å²) in [6, 6.07) is 10.4. The minimum absolute atomic E-state index is 0.0253. The number of carbonyl (C=O) groups excluding carboxylic acids is 1. The molecule has 0 unspecified atom stereocenters. The maximum absolute atomic E-state index is 12.4. The fourth-order valence-electron chi connectivity index (χ4n) is 2.87. The minimum atomic E-state index is -0.444. The highest BCUT2D eigenvalue weighted by atomic mass is 16.5. The molecule has 2 aromatic heterocycles. The lowest BCUT2D eigenvalue weighted by Crippen LogP contribution is -2.56. The number of hydrogen-bond acceptors (Lipinski definition) is 6. The molecule has 0 saturated carbocycles. The summed E-state index contributed by atoms with van der Waals surface area (Å²) in [6.07, 6.45) is 0.0665. The number of nitrogens with zero attached hydrogens (tertiary/aromatic N) is 2. The van der Waals surface area contributed by atoms with Gasteiger partial charge in [0.25, 0.3) is 0 Å². The Morgan fingerprint density at radius 2 is 2.12 bits per heavy atom. The minimum Gasteiger partial charge on any atom is -0.486 e. The van der Waals surface area contributed by atoms with Gasteiger partial charge in [-0.2, -0.15) is 0 Å². The van der Waals surface area contributed by atoms with Crippen LogP contribution < -0.4 is 10.4 Å². The van der Waals surface area contributed by atoms with Crippen LogP contribution in [0.25, 0.3) is 11.0 Å². The van der Waals surface area contributed by atoms with E-state index < -0.39 is 5.63 Å². The van der Waals surface area contributed by atoms with Crippen molar-refractivity contribution in [1.82, 2.24) is 10.1 Å². The van der Waals surface area contributed by atoms with Crippen LogP contribution in [0.3, 0.4) is 0 Å². The fraction of sp³-hybridized carbons (Fsp3) is 0.278. The Balaban J connectivity index is 1.35. The van der Waals surface area contributed by atoms with E-state index in [9.17, 15) is 9.59 Å². The summed E-state index contributed by atoms with van der Waals surface area (Å²) in [4.78, 5) is 25.4. The van der Waals surface area contributed by atoms with E-state index in [1.54, 1.807) is 17.9 Å². The molecule has 0 radical (unpaired) electrons. The van der Waals surface area contributed by atoms with Gasteiger partial charge >= 0.3 is 5.63 Å². The predicted octanol–water partition coefficient (Wildman–Crippen LogP) is 1.92. The monoisotopic (exact) mass is 340 g/mol. The summed E-state index contributed by atoms with van der Waals surface area (Å²) >= 11 is 0. The van der Waals surface area contributed by atoms with Crippen LogP contribution in [-0.2, 0) is 11.2 Å². The SMILES string of the molecule is Cc1cc(OC2CN(C(=O)Cc3noc4ccccc34)C2)cc(=O)o1. The summed E-state index contributed by atoms with van der Waals surface area (Å²) in [5.41, 5.74) is 0.870. The summed E-state index contributed by atoms with van der Waals surface area (Å²) in [5.74, 6) is 0.934. The van der Waals surface area contributed by atoms with Crippen molar-refractivity contribution in [3.63, 3.8) is 0 Å². The van der Waals surface area contributed by atoms with Gasteiger partial charge in [0.1, 0.15) is 23.3 Å². The lowest BCUT2D eigenvalue weighted by Gasteiger charge is -2.38. The second kappa shape index (κ2) is 6.08. The van der Waals surface area contributed by atoms with Gasteiger partial charge in [-0.05, 0) is 19.1 Å². The van der Waals surface area contributed by atoms with E-state index in [1.165, 1.54) is 6.07 Å². The van der Waals surface area contributed by atoms with Gasteiger partial charge in [-0.15, -0.1) is 0 Å². The summed E-state index contributed by atoms with van der Waals surface area (Å²) < 4.78 is 15.8. The molecule has 0 N–H and O–H groups in total. The number of ether oxygens (including phenoxy) is 1. The molecule has 1 amide bonds. The number of amides is 1. The maximum Gasteiger partial charge on any atom is 0.339 e. The quantitative estimate of drug-likeness (QED) is 0.721. The van der Waals surface area contributed by atoms with E-state index >= 15 is 0 Å². The molecule has 1 saturated heterocycles. The average Bonchev–Trinajstić information content (AvgIpc) is 2.93. The van der Waals surface area contributed by atoms with Crippen molar-refractivity contribution in [1.29, 1.82) is 0 Å². The topological polar surface area (TPSA) is 85.8 Å². The van der Waals surface area contributed by atoms with Crippen LogP contribution in [0.2, 0.25) is 0 Å². The number of hydrogen-bond donors (Lipinski definition) is 0. The van der Waals surface area contributed by atoms with Crippen LogP contribution in [0.4, 0.5) is 0 Å². The van der Waals surface area contributed by atoms with Crippen LogP contribution in [0, 0.1) is 6.92 Å². The molecule has 3 aromatic rings. The Labute approximate surface area is 142 Å². The summed E-state index contributed by atoms with van der Waals surface area (Å²) in [5, 5.41) is 4.84. The molecule has 0 aliphatic carbocycles. The zero-order valence-electron chi connectivity index (χ0n) is 13.6. The average molecular weight is 340 g/mol. The van der Waals surface area contributed by atoms with Crippen molar-refractivity contribution in [3.8, 4) is 5.75 Å². The lowest BCUT2D eigenvalue weighted by molar-refractivity contribution is -0.139. The van der Waals surface area contributed by atoms with Crippen molar-refractivity contribution in [2.45, 2.75) is 19.4 Å². The number of carbonyl (C=O) groups is 1. The van der Waals surface area contributed by atoms with E-state index in [2.05, 4.69) is 5.16 Å². The van der Waals surface area contributed by atoms with Crippen molar-refractivity contribution in [3.05, 3.63) is 58.3 Å². The molecule has 0 bridgehead atoms. The van der Waals surface area contributed by atoms with E-state index in [0.29, 0.717) is 35.9 Å². The van der Waals surface area contributed by atoms with Gasteiger partial charge in [-0.3, -0.25) is 4.79 Å². The molecule has 7 nitrogen and oxygen atoms in total. The van der Waals surface area contributed by atoms with Gasteiger partial charge in [0.2, 0.25) is 5.91 Å². The first kappa shape index (κ1) is 15.4. The number of aryl methyl sites for hydroxylation is 1. The molecule has 128 valence electrons. The van der Waals surface area contributed by atoms with Crippen molar-refractivity contribution < 1.29 is 18.5 Å². The van der Waals surface area contributed by atoms with Crippen LogP contribution in [-0.4, -0.2) is 35.2 Å². The third kappa shape index (κ3) is 3.13. The van der Waals surface area contributed by atoms with Crippen molar-refractivity contribution in [2.75, 3.05) is 13.1 Å². The Hall–Kier alpha value is -3.09. The maximum atomic E-state index is 12.4. The largest absolute Gasteiger partial charge is 0.486 e. The van der Waals surface area contributed by atoms with E-state index in [-0.39, 0.29) is 18.4 Å². The Morgan fingerprint density at radius 1 is 1.32 bits per heavy atom. The third-order valence-electron chi connectivity index (χ3n) is 4.14. The standard InChI is InChI=1S/C18H16N2O5/c1-11-6-12(7-18(22)23-11)24-13-9-20(10-13)17(21)8-15-14-4-2-3-5-16(14)25-19-15/h2-7,13H,8-10H2,1H3. The molecule has 7 heteroatoms. The van der Waals surface area contributed by atoms with Crippen LogP contribution in [0.15, 0.2) is 50.1 Å². The number of likely N-dealkylation sites (tertiary alicyclic amines) is 1. The smallest absolute Gasteiger partial charge is 0.339 e. The zero-order valence-corrected chi connectivity index (χ0v) is 13.6. The summed E-state index contributed by atoms with van der Waals surface area (Å²) in [7, 11) is 0. The van der Waals surface area contributed by atoms with Gasteiger partial charge in [-0.25, -0.2) is 4.79 Å². The van der Waals surface area contributed by atoms with Crippen LogP contribution in [0.1, 0.15) is 11.5 Å². The number of rotatable bonds is 4. The molecule has 1 aromatic carbocycles. The van der Waals surface area contributed by atoms with E-state index in [0.717, 1.165) is 5.39 Å². The van der Waals surface area contributed by atoms with Gasteiger partial charge < -0.3 is 18.6 Å². The van der Waals surface area contributed by atoms with E-state index in [1.807, 2.05) is 24.3 Å². The molecule has 1 fully saturated rings. The number of benzene rings is 1. The molecule has 0 spiro atoms. The molecule has 3 heterocycles. The highest BCUT2D eigenvalue weighted by molar-refractivity contribution is 5.86.